The van der Waals surface area contributed by atoms with Crippen molar-refractivity contribution in [2.24, 2.45) is 0 Å². The summed E-state index contributed by atoms with van der Waals surface area (Å²) in [5.74, 6) is 0. The van der Waals surface area contributed by atoms with Crippen LogP contribution in [0.25, 0.3) is 65.7 Å². The summed E-state index contributed by atoms with van der Waals surface area (Å²) in [6, 6.07) is 54.8. The zero-order chi connectivity index (χ0) is 38.3. The van der Waals surface area contributed by atoms with Gasteiger partial charge in [-0.05, 0) is 156 Å². The summed E-state index contributed by atoms with van der Waals surface area (Å²) in [6.07, 6.45) is 0. The van der Waals surface area contributed by atoms with Gasteiger partial charge >= 0.3 is 0 Å². The van der Waals surface area contributed by atoms with Gasteiger partial charge in [-0.2, -0.15) is 0 Å². The van der Waals surface area contributed by atoms with Crippen molar-refractivity contribution < 1.29 is 4.42 Å². The molecule has 2 aliphatic rings. The van der Waals surface area contributed by atoms with Crippen LogP contribution in [-0.2, 0) is 16.2 Å². The molecular formula is C54H45NO. The fraction of sp³-hybridized carbons (Fsp3) is 0.185. The van der Waals surface area contributed by atoms with Gasteiger partial charge in [0.2, 0.25) is 0 Å². The molecule has 0 aliphatic heterocycles. The van der Waals surface area contributed by atoms with E-state index >= 15 is 0 Å². The first-order valence-corrected chi connectivity index (χ1v) is 20.0. The van der Waals surface area contributed by atoms with Crippen molar-refractivity contribution in [1.82, 2.24) is 0 Å². The molecule has 2 heteroatoms. The first kappa shape index (κ1) is 33.2. The Bertz CT molecular complexity index is 3110. The molecule has 0 radical (unpaired) electrons. The van der Waals surface area contributed by atoms with Gasteiger partial charge in [0, 0.05) is 38.7 Å². The molecule has 0 unspecified atom stereocenters. The normalized spacial score (nSPS) is 15.0. The van der Waals surface area contributed by atoms with Gasteiger partial charge in [0.25, 0.3) is 0 Å². The van der Waals surface area contributed by atoms with Crippen LogP contribution in [0, 0.1) is 0 Å². The number of hydrogen-bond donors (Lipinski definition) is 0. The van der Waals surface area contributed by atoms with Gasteiger partial charge < -0.3 is 9.32 Å². The second-order valence-electron chi connectivity index (χ2n) is 18.3. The third-order valence-electron chi connectivity index (χ3n) is 13.1. The number of hydrogen-bond acceptors (Lipinski definition) is 2. The maximum absolute atomic E-state index is 6.38. The van der Waals surface area contributed by atoms with Gasteiger partial charge in [0.1, 0.15) is 11.2 Å². The van der Waals surface area contributed by atoms with E-state index in [0.29, 0.717) is 0 Å². The molecule has 1 heterocycles. The summed E-state index contributed by atoms with van der Waals surface area (Å²) in [5.41, 5.74) is 17.2. The Morgan fingerprint density at radius 2 is 0.946 bits per heavy atom. The summed E-state index contributed by atoms with van der Waals surface area (Å²) in [5, 5.41) is 7.47. The van der Waals surface area contributed by atoms with Crippen LogP contribution in [-0.4, -0.2) is 0 Å². The van der Waals surface area contributed by atoms with E-state index in [1.807, 2.05) is 6.07 Å². The van der Waals surface area contributed by atoms with Crippen LogP contribution in [0.1, 0.15) is 76.3 Å². The monoisotopic (exact) mass is 723 g/mol. The molecule has 56 heavy (non-hydrogen) atoms. The molecule has 0 fully saturated rings. The molecule has 11 rings (SSSR count). The smallest absolute Gasteiger partial charge is 0.136 e. The maximum atomic E-state index is 6.38. The number of para-hydroxylation sites is 1. The number of benzene rings is 8. The summed E-state index contributed by atoms with van der Waals surface area (Å²) in [6.45, 7) is 16.4. The second kappa shape index (κ2) is 11.2. The van der Waals surface area contributed by atoms with Crippen LogP contribution in [0.4, 0.5) is 17.1 Å². The maximum Gasteiger partial charge on any atom is 0.136 e. The lowest BCUT2D eigenvalue weighted by atomic mass is 9.81. The van der Waals surface area contributed by atoms with Crippen LogP contribution < -0.4 is 4.90 Å². The van der Waals surface area contributed by atoms with Crippen LogP contribution in [0.15, 0.2) is 150 Å². The van der Waals surface area contributed by atoms with E-state index < -0.39 is 0 Å². The molecule has 9 aromatic rings. The highest BCUT2D eigenvalue weighted by molar-refractivity contribution is 6.07. The Hall–Kier alpha value is -6.12. The van der Waals surface area contributed by atoms with Crippen molar-refractivity contribution >= 4 is 60.5 Å². The zero-order valence-electron chi connectivity index (χ0n) is 33.2. The third-order valence-corrected chi connectivity index (χ3v) is 13.1. The van der Waals surface area contributed by atoms with Gasteiger partial charge in [-0.3, -0.25) is 0 Å². The Balaban J connectivity index is 1.07. The molecule has 8 aromatic carbocycles. The fourth-order valence-corrected chi connectivity index (χ4v) is 9.93. The predicted octanol–water partition coefficient (Wildman–Crippen LogP) is 15.3. The number of rotatable bonds is 3. The lowest BCUT2D eigenvalue weighted by Gasteiger charge is -2.29. The van der Waals surface area contributed by atoms with Crippen LogP contribution in [0.5, 0.6) is 0 Å². The van der Waals surface area contributed by atoms with E-state index in [0.717, 1.165) is 28.2 Å². The largest absolute Gasteiger partial charge is 0.456 e. The lowest BCUT2D eigenvalue weighted by Crippen LogP contribution is -2.17. The van der Waals surface area contributed by atoms with Crippen molar-refractivity contribution in [3.05, 3.63) is 173 Å². The van der Waals surface area contributed by atoms with E-state index in [1.54, 1.807) is 0 Å². The summed E-state index contributed by atoms with van der Waals surface area (Å²) >= 11 is 0. The van der Waals surface area contributed by atoms with E-state index in [9.17, 15) is 0 Å². The number of furan rings is 1. The summed E-state index contributed by atoms with van der Waals surface area (Å²) in [4.78, 5) is 2.45. The Labute approximate surface area is 329 Å². The van der Waals surface area contributed by atoms with Crippen LogP contribution in [0.2, 0.25) is 0 Å². The molecule has 1 aromatic heterocycles. The van der Waals surface area contributed by atoms with Crippen molar-refractivity contribution in [3.8, 4) is 22.3 Å². The Morgan fingerprint density at radius 1 is 0.411 bits per heavy atom. The Morgan fingerprint density at radius 3 is 1.66 bits per heavy atom. The minimum Gasteiger partial charge on any atom is -0.456 e. The van der Waals surface area contributed by atoms with Gasteiger partial charge in [-0.1, -0.05) is 115 Å². The molecule has 272 valence electrons. The summed E-state index contributed by atoms with van der Waals surface area (Å²) in [7, 11) is 0. The van der Waals surface area contributed by atoms with E-state index in [2.05, 4.69) is 193 Å². The quantitative estimate of drug-likeness (QED) is 0.180. The molecule has 2 nitrogen and oxygen atoms in total. The number of anilines is 3. The highest BCUT2D eigenvalue weighted by Crippen LogP contribution is 2.54. The minimum absolute atomic E-state index is 0.0663. The molecule has 0 bridgehead atoms. The van der Waals surface area contributed by atoms with Gasteiger partial charge in [0.15, 0.2) is 0 Å². The van der Waals surface area contributed by atoms with Gasteiger partial charge in [-0.15, -0.1) is 0 Å². The standard InChI is InChI=1S/C54H45NO/c1-52(2,3)36-17-20-37(21-18-36)55(39-22-23-40-44-31-51-45(41-14-10-11-15-50(41)56-51)30-49(44)54(6,7)48(40)29-39)38-19-16-34-26-43-42-25-32-12-8-9-13-33(32)27-46(42)53(4,5)47(43)28-35(34)24-38/h8-31H,1-7H3. The van der Waals surface area contributed by atoms with E-state index in [1.165, 1.54) is 82.4 Å². The molecule has 0 saturated carbocycles. The summed E-state index contributed by atoms with van der Waals surface area (Å²) < 4.78 is 6.38. The van der Waals surface area contributed by atoms with Gasteiger partial charge in [0.05, 0.1) is 0 Å². The predicted molar refractivity (Wildman–Crippen MR) is 237 cm³/mol. The topological polar surface area (TPSA) is 16.4 Å². The second-order valence-corrected chi connectivity index (χ2v) is 18.3. The molecular weight excluding hydrogens is 679 g/mol. The van der Waals surface area contributed by atoms with Crippen LogP contribution >= 0.6 is 0 Å². The Kier molecular flexibility index (Phi) is 6.67. The molecule has 0 saturated heterocycles. The van der Waals surface area contributed by atoms with E-state index in [-0.39, 0.29) is 16.2 Å². The average molecular weight is 724 g/mol. The lowest BCUT2D eigenvalue weighted by molar-refractivity contribution is 0.590. The molecule has 2 aliphatic carbocycles. The number of fused-ring (bicyclic) bond motifs is 11. The van der Waals surface area contributed by atoms with Crippen molar-refractivity contribution in [1.29, 1.82) is 0 Å². The molecule has 0 N–H and O–H groups in total. The first-order chi connectivity index (χ1) is 26.9. The fourth-order valence-electron chi connectivity index (χ4n) is 9.93. The SMILES string of the molecule is CC(C)(C)c1ccc(N(c2ccc3c(c2)C(C)(C)c2cc4c(cc2-3)oc2ccccc24)c2ccc3cc4c(cc3c2)C(C)(C)c2cc3ccccc3cc2-4)cc1. The molecule has 0 atom stereocenters. The van der Waals surface area contributed by atoms with Crippen molar-refractivity contribution in [2.45, 2.75) is 64.7 Å². The highest BCUT2D eigenvalue weighted by atomic mass is 16.3. The third kappa shape index (κ3) is 4.68. The molecule has 0 spiro atoms. The van der Waals surface area contributed by atoms with Crippen LogP contribution in [0.3, 0.4) is 0 Å². The molecule has 0 amide bonds. The van der Waals surface area contributed by atoms with E-state index in [4.69, 9.17) is 4.42 Å². The first-order valence-electron chi connectivity index (χ1n) is 20.0. The highest BCUT2D eigenvalue weighted by Gasteiger charge is 2.38. The average Bonchev–Trinajstić information content (AvgIpc) is 3.74. The zero-order valence-corrected chi connectivity index (χ0v) is 33.2. The van der Waals surface area contributed by atoms with Gasteiger partial charge in [-0.25, -0.2) is 0 Å². The van der Waals surface area contributed by atoms with Crippen molar-refractivity contribution in [3.63, 3.8) is 0 Å². The minimum atomic E-state index is -0.190. The number of nitrogens with zero attached hydrogens (tertiary/aromatic N) is 1. The van der Waals surface area contributed by atoms with Crippen molar-refractivity contribution in [2.75, 3.05) is 4.90 Å².